The summed E-state index contributed by atoms with van der Waals surface area (Å²) >= 11 is 9.03. The molecule has 1 N–H and O–H groups in total. The quantitative estimate of drug-likeness (QED) is 0.752. The molecule has 2 nitrogen and oxygen atoms in total. The third-order valence-electron chi connectivity index (χ3n) is 3.04. The Morgan fingerprint density at radius 1 is 1.23 bits per heavy atom. The van der Waals surface area contributed by atoms with Crippen molar-refractivity contribution in [2.24, 2.45) is 0 Å². The standard InChI is InChI=1S/C15H10BrClF3NO/c1-21-14(22)9-4-2-3-8(7-9)12-11(17)6-5-10(13(12)16)15(18,19)20/h2-7H,1H3,(H,21,22). The number of nitrogens with one attached hydrogen (secondary N) is 1. The molecule has 0 aliphatic carbocycles. The highest BCUT2D eigenvalue weighted by atomic mass is 79.9. The molecule has 0 aliphatic heterocycles. The van der Waals surface area contributed by atoms with Crippen molar-refractivity contribution < 1.29 is 18.0 Å². The zero-order valence-electron chi connectivity index (χ0n) is 11.3. The molecule has 0 unspecified atom stereocenters. The van der Waals surface area contributed by atoms with Crippen molar-refractivity contribution in [2.45, 2.75) is 6.18 Å². The van der Waals surface area contributed by atoms with E-state index in [9.17, 15) is 18.0 Å². The predicted octanol–water partition coefficient (Wildman–Crippen LogP) is 5.15. The number of hydrogen-bond acceptors (Lipinski definition) is 1. The van der Waals surface area contributed by atoms with Crippen LogP contribution in [0.4, 0.5) is 13.2 Å². The number of amides is 1. The largest absolute Gasteiger partial charge is 0.417 e. The highest BCUT2D eigenvalue weighted by Crippen LogP contribution is 2.43. The van der Waals surface area contributed by atoms with Gasteiger partial charge in [0.05, 0.1) is 5.56 Å². The van der Waals surface area contributed by atoms with Crippen molar-refractivity contribution in [3.05, 3.63) is 57.0 Å². The second kappa shape index (κ2) is 6.30. The van der Waals surface area contributed by atoms with E-state index >= 15 is 0 Å². The lowest BCUT2D eigenvalue weighted by atomic mass is 10.0. The van der Waals surface area contributed by atoms with Crippen LogP contribution in [0.15, 0.2) is 40.9 Å². The lowest BCUT2D eigenvalue weighted by molar-refractivity contribution is -0.138. The monoisotopic (exact) mass is 391 g/mol. The van der Waals surface area contributed by atoms with Gasteiger partial charge in [0.1, 0.15) is 0 Å². The summed E-state index contributed by atoms with van der Waals surface area (Å²) in [4.78, 5) is 11.7. The van der Waals surface area contributed by atoms with E-state index in [-0.39, 0.29) is 21.0 Å². The lowest BCUT2D eigenvalue weighted by Gasteiger charge is -2.15. The van der Waals surface area contributed by atoms with Crippen LogP contribution in [-0.2, 0) is 6.18 Å². The number of rotatable bonds is 2. The van der Waals surface area contributed by atoms with Crippen LogP contribution in [0.1, 0.15) is 15.9 Å². The molecule has 22 heavy (non-hydrogen) atoms. The van der Waals surface area contributed by atoms with Crippen LogP contribution in [0, 0.1) is 0 Å². The highest BCUT2D eigenvalue weighted by Gasteiger charge is 2.34. The molecule has 0 fully saturated rings. The molecule has 0 aromatic heterocycles. The van der Waals surface area contributed by atoms with Gasteiger partial charge >= 0.3 is 6.18 Å². The molecule has 0 heterocycles. The summed E-state index contributed by atoms with van der Waals surface area (Å²) in [6.45, 7) is 0. The van der Waals surface area contributed by atoms with Crippen LogP contribution >= 0.6 is 27.5 Å². The fourth-order valence-electron chi connectivity index (χ4n) is 2.00. The van der Waals surface area contributed by atoms with Crippen molar-refractivity contribution >= 4 is 33.4 Å². The Bertz CT molecular complexity index is 731. The first kappa shape index (κ1) is 16.8. The third-order valence-corrected chi connectivity index (χ3v) is 4.18. The average Bonchev–Trinajstić information content (AvgIpc) is 2.45. The molecule has 0 atom stereocenters. The highest BCUT2D eigenvalue weighted by molar-refractivity contribution is 9.10. The maximum Gasteiger partial charge on any atom is 0.417 e. The molecule has 0 saturated carbocycles. The molecule has 116 valence electrons. The van der Waals surface area contributed by atoms with E-state index in [0.29, 0.717) is 11.1 Å². The van der Waals surface area contributed by atoms with Gasteiger partial charge in [-0.1, -0.05) is 23.7 Å². The predicted molar refractivity (Wildman–Crippen MR) is 83.0 cm³/mol. The summed E-state index contributed by atoms with van der Waals surface area (Å²) in [5.74, 6) is -0.332. The molecule has 2 aromatic carbocycles. The molecular formula is C15H10BrClF3NO. The van der Waals surface area contributed by atoms with Gasteiger partial charge in [0.15, 0.2) is 0 Å². The van der Waals surface area contributed by atoms with E-state index in [4.69, 9.17) is 11.6 Å². The van der Waals surface area contributed by atoms with E-state index in [1.165, 1.54) is 19.2 Å². The number of benzene rings is 2. The van der Waals surface area contributed by atoms with E-state index < -0.39 is 11.7 Å². The maximum absolute atomic E-state index is 13.0. The molecule has 7 heteroatoms. The summed E-state index contributed by atoms with van der Waals surface area (Å²) in [6.07, 6.45) is -4.50. The fraction of sp³-hybridized carbons (Fsp3) is 0.133. The third kappa shape index (κ3) is 3.28. The lowest BCUT2D eigenvalue weighted by Crippen LogP contribution is -2.17. The fourth-order valence-corrected chi connectivity index (χ4v) is 3.18. The van der Waals surface area contributed by atoms with Gasteiger partial charge in [-0.3, -0.25) is 4.79 Å². The van der Waals surface area contributed by atoms with Gasteiger partial charge in [0.2, 0.25) is 0 Å². The van der Waals surface area contributed by atoms with Gasteiger partial charge in [-0.05, 0) is 45.8 Å². The summed E-state index contributed by atoms with van der Waals surface area (Å²) in [7, 11) is 1.47. The summed E-state index contributed by atoms with van der Waals surface area (Å²) < 4.78 is 38.9. The van der Waals surface area contributed by atoms with Crippen LogP contribution in [0.5, 0.6) is 0 Å². The van der Waals surface area contributed by atoms with Crippen molar-refractivity contribution in [3.63, 3.8) is 0 Å². The Hall–Kier alpha value is -1.53. The molecule has 2 rings (SSSR count). The number of alkyl halides is 3. The molecule has 1 amide bonds. The first-order chi connectivity index (χ1) is 10.3. The molecule has 0 aliphatic rings. The second-order valence-electron chi connectivity index (χ2n) is 4.44. The topological polar surface area (TPSA) is 29.1 Å². The maximum atomic E-state index is 13.0. The zero-order chi connectivity index (χ0) is 16.5. The minimum Gasteiger partial charge on any atom is -0.355 e. The van der Waals surface area contributed by atoms with Gasteiger partial charge < -0.3 is 5.32 Å². The molecule has 0 radical (unpaired) electrons. The van der Waals surface area contributed by atoms with Crippen LogP contribution in [-0.4, -0.2) is 13.0 Å². The van der Waals surface area contributed by atoms with E-state index in [0.717, 1.165) is 6.07 Å². The molecule has 0 saturated heterocycles. The number of halogens is 5. The molecular weight excluding hydrogens is 383 g/mol. The minimum atomic E-state index is -4.50. The number of carbonyl (C=O) groups excluding carboxylic acids is 1. The Labute approximate surface area is 138 Å². The summed E-state index contributed by atoms with van der Waals surface area (Å²) in [5.41, 5.74) is 0.129. The Balaban J connectivity index is 2.65. The summed E-state index contributed by atoms with van der Waals surface area (Å²) in [5, 5.41) is 2.62. The Morgan fingerprint density at radius 2 is 1.91 bits per heavy atom. The van der Waals surface area contributed by atoms with Gasteiger partial charge in [-0.15, -0.1) is 0 Å². The van der Waals surface area contributed by atoms with Crippen molar-refractivity contribution in [1.82, 2.24) is 5.32 Å². The number of hydrogen-bond donors (Lipinski definition) is 1. The average molecular weight is 393 g/mol. The molecule has 2 aromatic rings. The van der Waals surface area contributed by atoms with Crippen LogP contribution in [0.3, 0.4) is 0 Å². The van der Waals surface area contributed by atoms with E-state index in [2.05, 4.69) is 21.2 Å². The Kier molecular flexibility index (Phi) is 4.82. The van der Waals surface area contributed by atoms with Crippen LogP contribution in [0.2, 0.25) is 5.02 Å². The van der Waals surface area contributed by atoms with E-state index in [1.807, 2.05) is 0 Å². The van der Waals surface area contributed by atoms with Gasteiger partial charge in [-0.25, -0.2) is 0 Å². The number of carbonyl (C=O) groups is 1. The van der Waals surface area contributed by atoms with Crippen molar-refractivity contribution in [2.75, 3.05) is 7.05 Å². The zero-order valence-corrected chi connectivity index (χ0v) is 13.6. The minimum absolute atomic E-state index is 0.151. The SMILES string of the molecule is CNC(=O)c1cccc(-c2c(Cl)ccc(C(F)(F)F)c2Br)c1. The van der Waals surface area contributed by atoms with Crippen molar-refractivity contribution in [3.8, 4) is 11.1 Å². The summed E-state index contributed by atoms with van der Waals surface area (Å²) in [6, 6.07) is 8.35. The van der Waals surface area contributed by atoms with Gasteiger partial charge in [0, 0.05) is 27.7 Å². The van der Waals surface area contributed by atoms with Crippen molar-refractivity contribution in [1.29, 1.82) is 0 Å². The van der Waals surface area contributed by atoms with Crippen LogP contribution in [0.25, 0.3) is 11.1 Å². The van der Waals surface area contributed by atoms with Gasteiger partial charge in [-0.2, -0.15) is 13.2 Å². The molecule has 0 spiro atoms. The first-order valence-electron chi connectivity index (χ1n) is 6.13. The normalized spacial score (nSPS) is 11.4. The molecule has 0 bridgehead atoms. The van der Waals surface area contributed by atoms with Crippen LogP contribution < -0.4 is 5.32 Å². The Morgan fingerprint density at radius 3 is 2.50 bits per heavy atom. The van der Waals surface area contributed by atoms with Gasteiger partial charge in [0.25, 0.3) is 5.91 Å². The smallest absolute Gasteiger partial charge is 0.355 e. The second-order valence-corrected chi connectivity index (χ2v) is 5.64. The van der Waals surface area contributed by atoms with E-state index in [1.54, 1.807) is 18.2 Å². The first-order valence-corrected chi connectivity index (χ1v) is 7.30.